The molecule has 0 aliphatic carbocycles. The molecule has 0 aliphatic rings. The van der Waals surface area contributed by atoms with E-state index in [4.69, 9.17) is 9.15 Å². The van der Waals surface area contributed by atoms with Crippen LogP contribution in [0.15, 0.2) is 35.0 Å². The van der Waals surface area contributed by atoms with Crippen molar-refractivity contribution in [2.45, 2.75) is 19.7 Å². The molecule has 114 valence electrons. The van der Waals surface area contributed by atoms with E-state index < -0.39 is 6.17 Å². The van der Waals surface area contributed by atoms with E-state index in [1.165, 1.54) is 6.92 Å². The van der Waals surface area contributed by atoms with Crippen LogP contribution in [0.25, 0.3) is 11.5 Å². The van der Waals surface area contributed by atoms with E-state index in [9.17, 15) is 4.39 Å². The summed E-state index contributed by atoms with van der Waals surface area (Å²) in [5.74, 6) is 0.856. The topological polar surface area (TPSA) is 78.9 Å². The second-order valence-corrected chi connectivity index (χ2v) is 4.68. The lowest BCUT2D eigenvalue weighted by Gasteiger charge is -2.05. The Morgan fingerprint density at radius 3 is 2.77 bits per heavy atom. The van der Waals surface area contributed by atoms with E-state index in [1.54, 1.807) is 42.3 Å². The summed E-state index contributed by atoms with van der Waals surface area (Å²) < 4.78 is 25.5. The number of aromatic nitrogens is 5. The molecule has 1 unspecified atom stereocenters. The molecule has 0 saturated heterocycles. The highest BCUT2D eigenvalue weighted by Crippen LogP contribution is 2.21. The first-order valence-corrected chi connectivity index (χ1v) is 6.67. The largest absolute Gasteiger partial charge is 0.471 e. The second-order valence-electron chi connectivity index (χ2n) is 4.68. The van der Waals surface area contributed by atoms with Crippen LogP contribution in [0.3, 0.4) is 0 Å². The van der Waals surface area contributed by atoms with Crippen LogP contribution >= 0.6 is 0 Å². The maximum Gasteiger partial charge on any atom is 0.250 e. The summed E-state index contributed by atoms with van der Waals surface area (Å²) in [6.07, 6.45) is 1.95. The third-order valence-electron chi connectivity index (χ3n) is 3.00. The van der Waals surface area contributed by atoms with Crippen molar-refractivity contribution >= 4 is 0 Å². The fraction of sp³-hybridized carbons (Fsp3) is 0.286. The Hall–Kier alpha value is -2.77. The molecule has 3 aromatic heterocycles. The minimum Gasteiger partial charge on any atom is -0.471 e. The van der Waals surface area contributed by atoms with Gasteiger partial charge in [0.1, 0.15) is 6.61 Å². The lowest BCUT2D eigenvalue weighted by atomic mass is 10.2. The Morgan fingerprint density at radius 1 is 1.32 bits per heavy atom. The van der Waals surface area contributed by atoms with Gasteiger partial charge in [0.05, 0.1) is 17.5 Å². The van der Waals surface area contributed by atoms with Gasteiger partial charge >= 0.3 is 0 Å². The van der Waals surface area contributed by atoms with Gasteiger partial charge in [0.2, 0.25) is 11.8 Å². The Kier molecular flexibility index (Phi) is 3.82. The summed E-state index contributed by atoms with van der Waals surface area (Å²) in [5.41, 5.74) is 1.37. The van der Waals surface area contributed by atoms with Crippen molar-refractivity contribution in [2.24, 2.45) is 7.05 Å². The third kappa shape index (κ3) is 2.95. The van der Waals surface area contributed by atoms with E-state index in [2.05, 4.69) is 20.3 Å². The van der Waals surface area contributed by atoms with Crippen LogP contribution in [0.1, 0.15) is 24.7 Å². The summed E-state index contributed by atoms with van der Waals surface area (Å²) in [6.45, 7) is 1.66. The lowest BCUT2D eigenvalue weighted by Crippen LogP contribution is -2.02. The fourth-order valence-corrected chi connectivity index (χ4v) is 1.80. The average Bonchev–Trinajstić information content (AvgIpc) is 3.15. The Morgan fingerprint density at radius 2 is 2.18 bits per heavy atom. The molecule has 0 spiro atoms. The smallest absolute Gasteiger partial charge is 0.250 e. The van der Waals surface area contributed by atoms with Crippen LogP contribution in [-0.2, 0) is 13.7 Å². The van der Waals surface area contributed by atoms with Crippen molar-refractivity contribution in [1.29, 1.82) is 0 Å². The zero-order chi connectivity index (χ0) is 15.5. The Balaban J connectivity index is 1.68. The van der Waals surface area contributed by atoms with E-state index in [1.807, 2.05) is 0 Å². The molecule has 7 nitrogen and oxygen atoms in total. The monoisotopic (exact) mass is 303 g/mol. The molecule has 0 amide bonds. The van der Waals surface area contributed by atoms with Crippen LogP contribution in [-0.4, -0.2) is 25.0 Å². The number of alkyl halides is 1. The standard InChI is InChI=1S/C14H14FN5O2/c1-9(15)13-18-19-14(22-13)10-3-4-11(16-7-10)8-21-12-5-6-17-20(12)2/h3-7,9H,8H2,1-2H3. The first-order valence-electron chi connectivity index (χ1n) is 6.67. The Bertz CT molecular complexity index is 751. The van der Waals surface area contributed by atoms with Crippen LogP contribution in [0, 0.1) is 0 Å². The molecule has 3 heterocycles. The molecule has 8 heteroatoms. The van der Waals surface area contributed by atoms with Gasteiger partial charge in [0.15, 0.2) is 6.17 Å². The van der Waals surface area contributed by atoms with Gasteiger partial charge in [0.25, 0.3) is 5.89 Å². The van der Waals surface area contributed by atoms with Crippen molar-refractivity contribution in [3.8, 4) is 17.3 Å². The van der Waals surface area contributed by atoms with Gasteiger partial charge < -0.3 is 9.15 Å². The summed E-state index contributed by atoms with van der Waals surface area (Å²) in [4.78, 5) is 4.26. The summed E-state index contributed by atoms with van der Waals surface area (Å²) in [7, 11) is 1.80. The van der Waals surface area contributed by atoms with Gasteiger partial charge in [0, 0.05) is 19.3 Å². The molecule has 22 heavy (non-hydrogen) atoms. The van der Waals surface area contributed by atoms with Crippen LogP contribution in [0.2, 0.25) is 0 Å². The summed E-state index contributed by atoms with van der Waals surface area (Å²) in [6, 6.07) is 5.33. The van der Waals surface area contributed by atoms with Gasteiger partial charge in [-0.05, 0) is 19.1 Å². The molecule has 1 atom stereocenters. The minimum atomic E-state index is -1.29. The number of ether oxygens (including phenoxy) is 1. The number of pyridine rings is 1. The number of nitrogens with zero attached hydrogens (tertiary/aromatic N) is 5. The normalized spacial score (nSPS) is 12.3. The third-order valence-corrected chi connectivity index (χ3v) is 3.00. The van der Waals surface area contributed by atoms with Crippen molar-refractivity contribution in [1.82, 2.24) is 25.0 Å². The highest BCUT2D eigenvalue weighted by atomic mass is 19.1. The van der Waals surface area contributed by atoms with Crippen LogP contribution in [0.5, 0.6) is 5.88 Å². The molecule has 3 rings (SSSR count). The molecule has 0 bridgehead atoms. The van der Waals surface area contributed by atoms with E-state index in [-0.39, 0.29) is 11.8 Å². The van der Waals surface area contributed by atoms with Crippen LogP contribution in [0.4, 0.5) is 4.39 Å². The molecule has 0 N–H and O–H groups in total. The van der Waals surface area contributed by atoms with Crippen molar-refractivity contribution < 1.29 is 13.5 Å². The quantitative estimate of drug-likeness (QED) is 0.720. The number of halogens is 1. The van der Waals surface area contributed by atoms with Gasteiger partial charge in [-0.15, -0.1) is 10.2 Å². The average molecular weight is 303 g/mol. The lowest BCUT2D eigenvalue weighted by molar-refractivity contribution is 0.274. The highest BCUT2D eigenvalue weighted by molar-refractivity contribution is 5.50. The van der Waals surface area contributed by atoms with E-state index in [0.717, 1.165) is 5.69 Å². The van der Waals surface area contributed by atoms with Gasteiger partial charge in [-0.3, -0.25) is 4.98 Å². The van der Waals surface area contributed by atoms with Gasteiger partial charge in [-0.25, -0.2) is 9.07 Å². The minimum absolute atomic E-state index is 0.0429. The molecular formula is C14H14FN5O2. The first-order chi connectivity index (χ1) is 10.6. The number of hydrogen-bond acceptors (Lipinski definition) is 6. The SMILES string of the molecule is CC(F)c1nnc(-c2ccc(COc3ccnn3C)nc2)o1. The number of rotatable bonds is 5. The molecule has 0 fully saturated rings. The van der Waals surface area contributed by atoms with E-state index in [0.29, 0.717) is 18.1 Å². The predicted octanol–water partition coefficient (Wildman–Crippen LogP) is 2.47. The Labute approximate surface area is 125 Å². The molecule has 0 saturated carbocycles. The maximum atomic E-state index is 13.1. The number of aryl methyl sites for hydroxylation is 1. The highest BCUT2D eigenvalue weighted by Gasteiger charge is 2.14. The zero-order valence-electron chi connectivity index (χ0n) is 12.1. The number of hydrogen-bond donors (Lipinski definition) is 0. The van der Waals surface area contributed by atoms with Gasteiger partial charge in [-0.2, -0.15) is 5.10 Å². The second kappa shape index (κ2) is 5.92. The van der Waals surface area contributed by atoms with E-state index >= 15 is 0 Å². The van der Waals surface area contributed by atoms with Gasteiger partial charge in [-0.1, -0.05) is 0 Å². The molecule has 0 aromatic carbocycles. The van der Waals surface area contributed by atoms with Crippen molar-refractivity contribution in [3.63, 3.8) is 0 Å². The van der Waals surface area contributed by atoms with Crippen molar-refractivity contribution in [2.75, 3.05) is 0 Å². The molecule has 0 radical (unpaired) electrons. The fourth-order valence-electron chi connectivity index (χ4n) is 1.80. The molecule has 0 aliphatic heterocycles. The van der Waals surface area contributed by atoms with Crippen LogP contribution < -0.4 is 4.74 Å². The predicted molar refractivity (Wildman–Crippen MR) is 74.6 cm³/mol. The van der Waals surface area contributed by atoms with Crippen molar-refractivity contribution in [3.05, 3.63) is 42.2 Å². The molecular weight excluding hydrogens is 289 g/mol. The molecule has 3 aromatic rings. The zero-order valence-corrected chi connectivity index (χ0v) is 12.1. The maximum absolute atomic E-state index is 13.1. The summed E-state index contributed by atoms with van der Waals surface area (Å²) >= 11 is 0. The first kappa shape index (κ1) is 14.2. The summed E-state index contributed by atoms with van der Waals surface area (Å²) in [5, 5.41) is 11.4.